The van der Waals surface area contributed by atoms with Crippen molar-refractivity contribution in [2.45, 2.75) is 40.2 Å². The SMILES string of the molecule is CC(=O)N(CCC(=O)Nc1c(C)cc(C)cc1Cl)C(C)c1ccccc1. The molecule has 0 aromatic heterocycles. The van der Waals surface area contributed by atoms with Crippen LogP contribution in [0.3, 0.4) is 0 Å². The van der Waals surface area contributed by atoms with Crippen molar-refractivity contribution in [3.05, 3.63) is 64.2 Å². The number of aryl methyl sites for hydroxylation is 2. The van der Waals surface area contributed by atoms with Crippen LogP contribution in [-0.4, -0.2) is 23.3 Å². The van der Waals surface area contributed by atoms with Gasteiger partial charge in [-0.3, -0.25) is 9.59 Å². The average Bonchev–Trinajstić information content (AvgIpc) is 2.58. The van der Waals surface area contributed by atoms with Crippen LogP contribution in [0, 0.1) is 13.8 Å². The summed E-state index contributed by atoms with van der Waals surface area (Å²) in [6.07, 6.45) is 0.209. The summed E-state index contributed by atoms with van der Waals surface area (Å²) in [5.74, 6) is -0.218. The molecule has 0 aliphatic carbocycles. The average molecular weight is 373 g/mol. The van der Waals surface area contributed by atoms with Crippen molar-refractivity contribution >= 4 is 29.1 Å². The maximum absolute atomic E-state index is 12.4. The van der Waals surface area contributed by atoms with Gasteiger partial charge in [-0.05, 0) is 43.5 Å². The maximum Gasteiger partial charge on any atom is 0.226 e. The molecule has 2 amide bonds. The Balaban J connectivity index is 2.03. The van der Waals surface area contributed by atoms with Gasteiger partial charge in [-0.2, -0.15) is 0 Å². The first-order valence-corrected chi connectivity index (χ1v) is 9.06. The zero-order valence-corrected chi connectivity index (χ0v) is 16.4. The van der Waals surface area contributed by atoms with Gasteiger partial charge in [0.25, 0.3) is 0 Å². The second-order valence-electron chi connectivity index (χ2n) is 6.54. The number of nitrogens with one attached hydrogen (secondary N) is 1. The molecule has 0 heterocycles. The fourth-order valence-corrected chi connectivity index (χ4v) is 3.40. The van der Waals surface area contributed by atoms with E-state index in [1.54, 1.807) is 4.90 Å². The van der Waals surface area contributed by atoms with Crippen LogP contribution in [0.5, 0.6) is 0 Å². The van der Waals surface area contributed by atoms with Gasteiger partial charge >= 0.3 is 0 Å². The zero-order chi connectivity index (χ0) is 19.3. The third-order valence-electron chi connectivity index (χ3n) is 4.43. The van der Waals surface area contributed by atoms with E-state index in [1.165, 1.54) is 6.92 Å². The number of amides is 2. The molecule has 0 spiro atoms. The van der Waals surface area contributed by atoms with E-state index in [2.05, 4.69) is 5.32 Å². The van der Waals surface area contributed by atoms with Crippen LogP contribution >= 0.6 is 11.6 Å². The maximum atomic E-state index is 12.4. The quantitative estimate of drug-likeness (QED) is 0.784. The van der Waals surface area contributed by atoms with Gasteiger partial charge in [0.1, 0.15) is 0 Å². The fraction of sp³-hybridized carbons (Fsp3) is 0.333. The number of benzene rings is 2. The summed E-state index contributed by atoms with van der Waals surface area (Å²) in [4.78, 5) is 26.1. The van der Waals surface area contributed by atoms with Crippen molar-refractivity contribution in [3.8, 4) is 0 Å². The van der Waals surface area contributed by atoms with Crippen LogP contribution in [0.2, 0.25) is 5.02 Å². The minimum atomic E-state index is -0.162. The van der Waals surface area contributed by atoms with Crippen LogP contribution in [0.15, 0.2) is 42.5 Å². The van der Waals surface area contributed by atoms with Crippen molar-refractivity contribution in [2.24, 2.45) is 0 Å². The molecule has 2 aromatic rings. The van der Waals surface area contributed by atoms with Crippen LogP contribution in [0.1, 0.15) is 43.0 Å². The smallest absolute Gasteiger partial charge is 0.226 e. The summed E-state index contributed by atoms with van der Waals surface area (Å²) in [5.41, 5.74) is 3.64. The summed E-state index contributed by atoms with van der Waals surface area (Å²) in [6.45, 7) is 7.71. The lowest BCUT2D eigenvalue weighted by Gasteiger charge is -2.28. The number of halogens is 1. The third-order valence-corrected chi connectivity index (χ3v) is 4.73. The molecule has 4 nitrogen and oxygen atoms in total. The Kier molecular flexibility index (Phi) is 6.81. The lowest BCUT2D eigenvalue weighted by molar-refractivity contribution is -0.131. The number of hydrogen-bond acceptors (Lipinski definition) is 2. The number of hydrogen-bond donors (Lipinski definition) is 1. The van der Waals surface area contributed by atoms with E-state index in [0.717, 1.165) is 16.7 Å². The highest BCUT2D eigenvalue weighted by Crippen LogP contribution is 2.27. The van der Waals surface area contributed by atoms with E-state index in [4.69, 9.17) is 11.6 Å². The zero-order valence-electron chi connectivity index (χ0n) is 15.7. The van der Waals surface area contributed by atoms with Gasteiger partial charge < -0.3 is 10.2 Å². The standard InChI is InChI=1S/C21H25ClN2O2/c1-14-12-15(2)21(19(22)13-14)23-20(26)10-11-24(17(4)25)16(3)18-8-6-5-7-9-18/h5-9,12-13,16H,10-11H2,1-4H3,(H,23,26). The normalized spacial score (nSPS) is 11.7. The number of rotatable bonds is 6. The van der Waals surface area contributed by atoms with Crippen molar-refractivity contribution in [2.75, 3.05) is 11.9 Å². The summed E-state index contributed by atoms with van der Waals surface area (Å²) in [5, 5.41) is 3.39. The van der Waals surface area contributed by atoms with Crippen molar-refractivity contribution < 1.29 is 9.59 Å². The molecule has 0 radical (unpaired) electrons. The summed E-state index contributed by atoms with van der Waals surface area (Å²) >= 11 is 6.24. The predicted octanol–water partition coefficient (Wildman–Crippen LogP) is 4.90. The summed E-state index contributed by atoms with van der Waals surface area (Å²) < 4.78 is 0. The number of nitrogens with zero attached hydrogens (tertiary/aromatic N) is 1. The largest absolute Gasteiger partial charge is 0.336 e. The number of carbonyl (C=O) groups is 2. The first-order valence-electron chi connectivity index (χ1n) is 8.68. The van der Waals surface area contributed by atoms with Gasteiger partial charge in [0, 0.05) is 19.9 Å². The van der Waals surface area contributed by atoms with Gasteiger partial charge in [-0.1, -0.05) is 48.0 Å². The molecule has 0 saturated heterocycles. The molecule has 0 aliphatic rings. The van der Waals surface area contributed by atoms with E-state index in [9.17, 15) is 9.59 Å². The van der Waals surface area contributed by atoms with E-state index in [0.29, 0.717) is 17.3 Å². The number of anilines is 1. The van der Waals surface area contributed by atoms with Crippen molar-refractivity contribution in [3.63, 3.8) is 0 Å². The molecule has 1 N–H and O–H groups in total. The monoisotopic (exact) mass is 372 g/mol. The highest BCUT2D eigenvalue weighted by Gasteiger charge is 2.19. The molecular weight excluding hydrogens is 348 g/mol. The summed E-state index contributed by atoms with van der Waals surface area (Å²) in [7, 11) is 0. The molecule has 0 saturated carbocycles. The van der Waals surface area contributed by atoms with E-state index in [-0.39, 0.29) is 24.3 Å². The molecule has 138 valence electrons. The minimum Gasteiger partial charge on any atom is -0.336 e. The molecule has 1 unspecified atom stereocenters. The lowest BCUT2D eigenvalue weighted by Crippen LogP contribution is -2.34. The van der Waals surface area contributed by atoms with Gasteiger partial charge in [0.2, 0.25) is 11.8 Å². The van der Waals surface area contributed by atoms with Gasteiger partial charge in [0.05, 0.1) is 16.8 Å². The molecule has 1 atom stereocenters. The van der Waals surface area contributed by atoms with Crippen molar-refractivity contribution in [1.82, 2.24) is 4.90 Å². The van der Waals surface area contributed by atoms with Crippen LogP contribution in [0.25, 0.3) is 0 Å². The van der Waals surface area contributed by atoms with Crippen molar-refractivity contribution in [1.29, 1.82) is 0 Å². The predicted molar refractivity (Wildman–Crippen MR) is 106 cm³/mol. The van der Waals surface area contributed by atoms with Gasteiger partial charge in [-0.25, -0.2) is 0 Å². The third kappa shape index (κ3) is 5.09. The molecule has 0 aliphatic heterocycles. The molecular formula is C21H25ClN2O2. The second-order valence-corrected chi connectivity index (χ2v) is 6.94. The van der Waals surface area contributed by atoms with Gasteiger partial charge in [0.15, 0.2) is 0 Å². The Morgan fingerprint density at radius 1 is 1.15 bits per heavy atom. The van der Waals surface area contributed by atoms with Crippen LogP contribution in [-0.2, 0) is 9.59 Å². The highest BCUT2D eigenvalue weighted by atomic mass is 35.5. The number of carbonyl (C=O) groups excluding carboxylic acids is 2. The topological polar surface area (TPSA) is 49.4 Å². The fourth-order valence-electron chi connectivity index (χ4n) is 3.03. The Morgan fingerprint density at radius 2 is 1.81 bits per heavy atom. The van der Waals surface area contributed by atoms with Crippen LogP contribution in [0.4, 0.5) is 5.69 Å². The molecule has 2 rings (SSSR count). The summed E-state index contributed by atoms with van der Waals surface area (Å²) in [6, 6.07) is 13.5. The van der Waals surface area contributed by atoms with Gasteiger partial charge in [-0.15, -0.1) is 0 Å². The van der Waals surface area contributed by atoms with E-state index < -0.39 is 0 Å². The van der Waals surface area contributed by atoms with Crippen LogP contribution < -0.4 is 5.32 Å². The minimum absolute atomic E-state index is 0.0568. The molecule has 5 heteroatoms. The Morgan fingerprint density at radius 3 is 2.38 bits per heavy atom. The molecule has 2 aromatic carbocycles. The van der Waals surface area contributed by atoms with E-state index in [1.807, 2.05) is 63.2 Å². The Bertz CT molecular complexity index is 767. The first kappa shape index (κ1) is 20.0. The molecule has 0 fully saturated rings. The van der Waals surface area contributed by atoms with E-state index >= 15 is 0 Å². The molecule has 0 bridgehead atoms. The second kappa shape index (κ2) is 8.86. The lowest BCUT2D eigenvalue weighted by atomic mass is 10.1. The first-order chi connectivity index (χ1) is 12.3. The molecule has 26 heavy (non-hydrogen) atoms. The Hall–Kier alpha value is -2.33. The Labute approximate surface area is 160 Å². The highest BCUT2D eigenvalue weighted by molar-refractivity contribution is 6.34.